The summed E-state index contributed by atoms with van der Waals surface area (Å²) in [7, 11) is 0. The Hall–Kier alpha value is -2.70. The number of rotatable bonds is 7. The van der Waals surface area contributed by atoms with E-state index in [-0.39, 0.29) is 5.91 Å². The van der Waals surface area contributed by atoms with Gasteiger partial charge in [0.2, 0.25) is 5.91 Å². The van der Waals surface area contributed by atoms with Crippen LogP contribution in [0.3, 0.4) is 0 Å². The molecule has 1 N–H and O–H groups in total. The molecule has 0 aliphatic carbocycles. The number of carbonyl (C=O) groups excluding carboxylic acids is 1. The largest absolute Gasteiger partial charge is 0.480 e. The van der Waals surface area contributed by atoms with E-state index in [1.54, 1.807) is 4.90 Å². The number of hydrogen-bond donors (Lipinski definition) is 1. The third-order valence-electron chi connectivity index (χ3n) is 5.93. The van der Waals surface area contributed by atoms with Gasteiger partial charge in [0.05, 0.1) is 12.1 Å². The summed E-state index contributed by atoms with van der Waals surface area (Å²) in [5, 5.41) is 11.5. The molecule has 6 heteroatoms. The molecule has 29 heavy (non-hydrogen) atoms. The van der Waals surface area contributed by atoms with Gasteiger partial charge in [0.25, 0.3) is 0 Å². The maximum absolute atomic E-state index is 13.0. The number of nitrogens with zero attached hydrogens (tertiary/aromatic N) is 2. The summed E-state index contributed by atoms with van der Waals surface area (Å²) in [6.07, 6.45) is 2.14. The average molecular weight is 394 g/mol. The number of benzene rings is 2. The number of aryl methyl sites for hydroxylation is 1. The normalized spacial score (nSPS) is 20.6. The Balaban J connectivity index is 1.38. The number of carboxylic acids is 1. The standard InChI is InChI=1S/C23H26N2O4/c26-21(12-11-18-7-3-1-4-8-18)25-20(22(27)28)13-14-23(25)16-24(17-23)29-15-19-9-5-2-6-10-19/h1-10,20H,11-17H2,(H,27,28). The lowest BCUT2D eigenvalue weighted by Gasteiger charge is -2.52. The highest BCUT2D eigenvalue weighted by atomic mass is 16.7. The molecule has 4 rings (SSSR count). The summed E-state index contributed by atoms with van der Waals surface area (Å²) >= 11 is 0. The van der Waals surface area contributed by atoms with Crippen molar-refractivity contribution in [1.82, 2.24) is 9.96 Å². The minimum Gasteiger partial charge on any atom is -0.480 e. The minimum atomic E-state index is -0.918. The zero-order chi connectivity index (χ0) is 20.3. The molecule has 2 saturated heterocycles. The van der Waals surface area contributed by atoms with Crippen molar-refractivity contribution >= 4 is 11.9 Å². The van der Waals surface area contributed by atoms with E-state index < -0.39 is 17.6 Å². The molecule has 1 unspecified atom stereocenters. The highest BCUT2D eigenvalue weighted by molar-refractivity contribution is 5.85. The smallest absolute Gasteiger partial charge is 0.326 e. The van der Waals surface area contributed by atoms with Crippen LogP contribution in [-0.4, -0.2) is 51.6 Å². The van der Waals surface area contributed by atoms with Crippen molar-refractivity contribution in [2.75, 3.05) is 13.1 Å². The summed E-state index contributed by atoms with van der Waals surface area (Å²) in [6.45, 7) is 1.59. The van der Waals surface area contributed by atoms with Crippen molar-refractivity contribution in [2.24, 2.45) is 0 Å². The lowest BCUT2D eigenvalue weighted by Crippen LogP contribution is -2.70. The Labute approximate surface area is 170 Å². The fraction of sp³-hybridized carbons (Fsp3) is 0.391. The van der Waals surface area contributed by atoms with Crippen LogP contribution < -0.4 is 0 Å². The van der Waals surface area contributed by atoms with Gasteiger partial charge in [-0.2, -0.15) is 5.06 Å². The van der Waals surface area contributed by atoms with E-state index in [1.165, 1.54) is 0 Å². The molecule has 2 aliphatic heterocycles. The van der Waals surface area contributed by atoms with E-state index in [4.69, 9.17) is 4.84 Å². The molecule has 6 nitrogen and oxygen atoms in total. The van der Waals surface area contributed by atoms with E-state index in [0.29, 0.717) is 45.4 Å². The van der Waals surface area contributed by atoms with E-state index >= 15 is 0 Å². The van der Waals surface area contributed by atoms with Gasteiger partial charge in [-0.1, -0.05) is 60.7 Å². The SMILES string of the molecule is O=C(O)C1CCC2(CN(OCc3ccccc3)C2)N1C(=O)CCc1ccccc1. The molecule has 152 valence electrons. The van der Waals surface area contributed by atoms with Crippen LogP contribution in [0.15, 0.2) is 60.7 Å². The molecule has 2 aromatic rings. The lowest BCUT2D eigenvalue weighted by atomic mass is 9.88. The van der Waals surface area contributed by atoms with Gasteiger partial charge in [-0.3, -0.25) is 9.63 Å². The first-order valence-corrected chi connectivity index (χ1v) is 10.1. The third kappa shape index (κ3) is 4.18. The molecule has 2 heterocycles. The number of carboxylic acid groups (broad SMARTS) is 1. The zero-order valence-corrected chi connectivity index (χ0v) is 16.4. The van der Waals surface area contributed by atoms with Crippen molar-refractivity contribution in [3.05, 3.63) is 71.8 Å². The average Bonchev–Trinajstić information content (AvgIpc) is 3.12. The molecule has 0 bridgehead atoms. The summed E-state index contributed by atoms with van der Waals surface area (Å²) < 4.78 is 0. The van der Waals surface area contributed by atoms with Crippen LogP contribution in [0, 0.1) is 0 Å². The highest BCUT2D eigenvalue weighted by Crippen LogP contribution is 2.42. The van der Waals surface area contributed by atoms with Gasteiger partial charge in [-0.15, -0.1) is 0 Å². The number of likely N-dealkylation sites (tertiary alicyclic amines) is 1. The fourth-order valence-corrected chi connectivity index (χ4v) is 4.43. The fourth-order valence-electron chi connectivity index (χ4n) is 4.43. The van der Waals surface area contributed by atoms with Crippen LogP contribution >= 0.6 is 0 Å². The summed E-state index contributed by atoms with van der Waals surface area (Å²) in [5.74, 6) is -1.000. The van der Waals surface area contributed by atoms with Crippen molar-refractivity contribution in [2.45, 2.75) is 43.9 Å². The topological polar surface area (TPSA) is 70.1 Å². The number of carbonyl (C=O) groups is 2. The third-order valence-corrected chi connectivity index (χ3v) is 5.93. The van der Waals surface area contributed by atoms with Crippen LogP contribution in [0.25, 0.3) is 0 Å². The Morgan fingerprint density at radius 3 is 2.24 bits per heavy atom. The van der Waals surface area contributed by atoms with Crippen LogP contribution in [0.4, 0.5) is 0 Å². The molecule has 0 saturated carbocycles. The van der Waals surface area contributed by atoms with Gasteiger partial charge in [0, 0.05) is 19.5 Å². The molecular formula is C23H26N2O4. The molecule has 0 aromatic heterocycles. The number of aliphatic carboxylic acids is 1. The Bertz CT molecular complexity index is 850. The quantitative estimate of drug-likeness (QED) is 0.782. The molecule has 2 fully saturated rings. The first kappa shape index (κ1) is 19.6. The highest BCUT2D eigenvalue weighted by Gasteiger charge is 2.57. The summed E-state index contributed by atoms with van der Waals surface area (Å²) in [4.78, 5) is 32.3. The van der Waals surface area contributed by atoms with Crippen LogP contribution in [0.1, 0.15) is 30.4 Å². The lowest BCUT2D eigenvalue weighted by molar-refractivity contribution is -0.256. The Kier molecular flexibility index (Phi) is 5.65. The molecule has 0 radical (unpaired) electrons. The van der Waals surface area contributed by atoms with E-state index in [1.807, 2.05) is 65.7 Å². The van der Waals surface area contributed by atoms with Crippen LogP contribution in [0.5, 0.6) is 0 Å². The summed E-state index contributed by atoms with van der Waals surface area (Å²) in [6, 6.07) is 19.0. The van der Waals surface area contributed by atoms with E-state index in [2.05, 4.69) is 0 Å². The second-order valence-corrected chi connectivity index (χ2v) is 7.92. The first-order chi connectivity index (χ1) is 14.1. The summed E-state index contributed by atoms with van der Waals surface area (Å²) in [5.41, 5.74) is 1.74. The number of hydrogen-bond acceptors (Lipinski definition) is 4. The van der Waals surface area contributed by atoms with Gasteiger partial charge in [-0.05, 0) is 30.4 Å². The molecule has 2 aliphatic rings. The van der Waals surface area contributed by atoms with Gasteiger partial charge < -0.3 is 10.0 Å². The van der Waals surface area contributed by atoms with Crippen molar-refractivity contribution in [3.63, 3.8) is 0 Å². The molecule has 1 amide bonds. The number of hydroxylamine groups is 2. The van der Waals surface area contributed by atoms with Crippen LogP contribution in [-0.2, 0) is 27.5 Å². The maximum atomic E-state index is 13.0. The molecule has 1 atom stereocenters. The molecular weight excluding hydrogens is 368 g/mol. The van der Waals surface area contributed by atoms with Crippen LogP contribution in [0.2, 0.25) is 0 Å². The van der Waals surface area contributed by atoms with E-state index in [9.17, 15) is 14.7 Å². The second kappa shape index (κ2) is 8.35. The number of amides is 1. The van der Waals surface area contributed by atoms with Gasteiger partial charge in [0.1, 0.15) is 6.04 Å². The van der Waals surface area contributed by atoms with Gasteiger partial charge in [0.15, 0.2) is 0 Å². The zero-order valence-electron chi connectivity index (χ0n) is 16.4. The monoisotopic (exact) mass is 394 g/mol. The second-order valence-electron chi connectivity index (χ2n) is 7.92. The van der Waals surface area contributed by atoms with Gasteiger partial charge >= 0.3 is 5.97 Å². The Morgan fingerprint density at radius 2 is 1.62 bits per heavy atom. The Morgan fingerprint density at radius 1 is 1.00 bits per heavy atom. The molecule has 2 aromatic carbocycles. The van der Waals surface area contributed by atoms with Gasteiger partial charge in [-0.25, -0.2) is 4.79 Å². The van der Waals surface area contributed by atoms with E-state index in [0.717, 1.165) is 11.1 Å². The maximum Gasteiger partial charge on any atom is 0.326 e. The first-order valence-electron chi connectivity index (χ1n) is 10.1. The van der Waals surface area contributed by atoms with Crippen molar-refractivity contribution in [1.29, 1.82) is 0 Å². The van der Waals surface area contributed by atoms with Crippen molar-refractivity contribution in [3.8, 4) is 0 Å². The predicted octanol–water partition coefficient (Wildman–Crippen LogP) is 2.88. The predicted molar refractivity (Wildman–Crippen MR) is 108 cm³/mol. The van der Waals surface area contributed by atoms with Crippen molar-refractivity contribution < 1.29 is 19.5 Å². The molecule has 1 spiro atoms. The minimum absolute atomic E-state index is 0.0820.